The Morgan fingerprint density at radius 1 is 0.344 bits per heavy atom. The van der Waals surface area contributed by atoms with Crippen LogP contribution in [0.2, 0.25) is 0 Å². The largest absolute Gasteiger partial charge is 0.857 e. The molecule has 6 aromatic rings. The Kier molecular flexibility index (Phi) is 32.6. The second-order valence-electron chi connectivity index (χ2n) is 14.4. The van der Waals surface area contributed by atoms with Gasteiger partial charge in [0.15, 0.2) is 0 Å². The molecular weight excluding hydrogens is 817 g/mol. The zero-order valence-corrected chi connectivity index (χ0v) is 39.9. The van der Waals surface area contributed by atoms with Crippen LogP contribution in [0.25, 0.3) is 36.5 Å². The van der Waals surface area contributed by atoms with Gasteiger partial charge in [-0.2, -0.15) is 21.3 Å². The molecule has 4 heteroatoms. The van der Waals surface area contributed by atoms with Crippen molar-refractivity contribution in [3.8, 4) is 0 Å². The average molecular weight is 881 g/mol. The van der Waals surface area contributed by atoms with E-state index < -0.39 is 0 Å². The summed E-state index contributed by atoms with van der Waals surface area (Å²) in [5, 5.41) is 24.8. The van der Waals surface area contributed by atoms with Gasteiger partial charge in [0, 0.05) is 0 Å². The topological polar surface area (TPSA) is 69.2 Å². The van der Waals surface area contributed by atoms with Gasteiger partial charge in [-0.15, -0.1) is 0 Å². The van der Waals surface area contributed by atoms with E-state index in [0.29, 0.717) is 5.41 Å². The van der Waals surface area contributed by atoms with Gasteiger partial charge in [-0.05, 0) is 33.4 Å². The van der Waals surface area contributed by atoms with E-state index in [1.807, 2.05) is 109 Å². The molecule has 0 bridgehead atoms. The smallest absolute Gasteiger partial charge is 0.153 e. The summed E-state index contributed by atoms with van der Waals surface area (Å²) in [6, 6.07) is 61.7. The van der Waals surface area contributed by atoms with Gasteiger partial charge in [0.2, 0.25) is 0 Å². The van der Waals surface area contributed by atoms with E-state index in [2.05, 4.69) is 199 Å². The summed E-state index contributed by atoms with van der Waals surface area (Å²) in [5.74, 6) is 0. The predicted octanol–water partition coefficient (Wildman–Crippen LogP) is 13.0. The van der Waals surface area contributed by atoms with E-state index in [1.54, 1.807) is 0 Å². The maximum absolute atomic E-state index is 8.25. The standard InChI is InChI=1S/3C16H14.C9H13.3CH3O.Ti/c3*1-3-9-15(10-4-1)13-7-8-14-16-11-5-2-6-12-16;1-9(2,3)8-6-4-5-7-8;3*1-2;/h3*1-14H;4,6H,5H2,1-3H3;3*1H3;/q;;;;3*-1;+3. The zero-order valence-electron chi connectivity index (χ0n) is 38.3. The van der Waals surface area contributed by atoms with Crippen LogP contribution in [-0.2, 0) is 20.4 Å². The van der Waals surface area contributed by atoms with Crippen molar-refractivity contribution in [1.82, 2.24) is 0 Å². The van der Waals surface area contributed by atoms with Crippen molar-refractivity contribution in [3.05, 3.63) is 273 Å². The van der Waals surface area contributed by atoms with E-state index >= 15 is 0 Å². The monoisotopic (exact) mass is 880 g/mol. The van der Waals surface area contributed by atoms with Crippen LogP contribution in [-0.4, -0.2) is 21.3 Å². The molecule has 0 unspecified atom stereocenters. The molecular formula is C60H64O3Ti. The first-order chi connectivity index (χ1) is 31.4. The van der Waals surface area contributed by atoms with Crippen LogP contribution in [0.3, 0.4) is 0 Å². The summed E-state index contributed by atoms with van der Waals surface area (Å²) in [6.45, 7) is 6.80. The van der Waals surface area contributed by atoms with Crippen LogP contribution >= 0.6 is 0 Å². The van der Waals surface area contributed by atoms with Crippen LogP contribution in [0.4, 0.5) is 0 Å². The third kappa shape index (κ3) is 27.0. The molecule has 1 aliphatic carbocycles. The molecule has 0 fully saturated rings. The first-order valence-electron chi connectivity index (χ1n) is 21.1. The van der Waals surface area contributed by atoms with Crippen molar-refractivity contribution in [3.63, 3.8) is 0 Å². The molecule has 3 nitrogen and oxygen atoms in total. The number of rotatable bonds is 9. The Labute approximate surface area is 397 Å². The fourth-order valence-electron chi connectivity index (χ4n) is 5.59. The summed E-state index contributed by atoms with van der Waals surface area (Å²) < 4.78 is 1.53. The van der Waals surface area contributed by atoms with E-state index in [-0.39, 0.29) is 0 Å². The van der Waals surface area contributed by atoms with Crippen molar-refractivity contribution < 1.29 is 35.8 Å². The molecule has 0 spiro atoms. The number of hydrogen-bond acceptors (Lipinski definition) is 3. The molecule has 0 heterocycles. The minimum Gasteiger partial charge on any atom is -0.857 e. The number of allylic oxidation sites excluding steroid dienone is 10. The van der Waals surface area contributed by atoms with Crippen LogP contribution in [0, 0.1) is 5.41 Å². The SMILES string of the molecule is C(C=Cc1ccccc1)=Cc1ccccc1.C(C=Cc1ccccc1)=Cc1ccccc1.C(C=Cc1ccccc1)=Cc1ccccc1.CC(C)(C)C1=[C]([Ti+3])CC=C1.C[O-].C[O-].C[O-]. The molecule has 0 atom stereocenters. The maximum atomic E-state index is 8.25. The number of hydrogen-bond donors (Lipinski definition) is 0. The minimum atomic E-state index is 0.344. The minimum absolute atomic E-state index is 0.344. The maximum Gasteiger partial charge on any atom is -0.153 e. The molecule has 0 aromatic heterocycles. The van der Waals surface area contributed by atoms with Gasteiger partial charge in [0.1, 0.15) is 0 Å². The predicted molar refractivity (Wildman–Crippen MR) is 271 cm³/mol. The fourth-order valence-corrected chi connectivity index (χ4v) is 6.49. The van der Waals surface area contributed by atoms with E-state index in [1.165, 1.54) is 42.8 Å². The summed E-state index contributed by atoms with van der Waals surface area (Å²) >= 11 is 2.22. The zero-order chi connectivity index (χ0) is 46.9. The average Bonchev–Trinajstić information content (AvgIpc) is 3.82. The van der Waals surface area contributed by atoms with Crippen molar-refractivity contribution in [2.24, 2.45) is 5.41 Å². The molecule has 7 rings (SSSR count). The normalized spacial score (nSPS) is 11.7. The van der Waals surface area contributed by atoms with Crippen LogP contribution in [0.1, 0.15) is 60.6 Å². The molecule has 326 valence electrons. The first-order valence-corrected chi connectivity index (χ1v) is 21.8. The van der Waals surface area contributed by atoms with Gasteiger partial charge >= 0.3 is 74.6 Å². The molecule has 1 aliphatic rings. The van der Waals surface area contributed by atoms with Crippen LogP contribution in [0.15, 0.2) is 240 Å². The van der Waals surface area contributed by atoms with Gasteiger partial charge in [0.05, 0.1) is 0 Å². The van der Waals surface area contributed by atoms with Gasteiger partial charge in [-0.3, -0.25) is 0 Å². The second kappa shape index (κ2) is 37.4. The Hall–Kier alpha value is -6.17. The summed E-state index contributed by atoms with van der Waals surface area (Å²) in [6.07, 6.45) is 30.6. The van der Waals surface area contributed by atoms with Crippen molar-refractivity contribution in [1.29, 1.82) is 0 Å². The Bertz CT molecular complexity index is 1880. The van der Waals surface area contributed by atoms with Gasteiger partial charge in [0.25, 0.3) is 0 Å². The van der Waals surface area contributed by atoms with Crippen LogP contribution < -0.4 is 15.3 Å². The summed E-state index contributed by atoms with van der Waals surface area (Å²) in [7, 11) is 2.25. The van der Waals surface area contributed by atoms with E-state index in [9.17, 15) is 0 Å². The van der Waals surface area contributed by atoms with Crippen LogP contribution in [0.5, 0.6) is 0 Å². The molecule has 0 N–H and O–H groups in total. The van der Waals surface area contributed by atoms with Gasteiger partial charge in [-0.1, -0.05) is 255 Å². The fraction of sp³-hybridized carbons (Fsp3) is 0.133. The third-order valence-electron chi connectivity index (χ3n) is 8.60. The third-order valence-corrected chi connectivity index (χ3v) is 9.34. The summed E-state index contributed by atoms with van der Waals surface area (Å²) in [5.41, 5.74) is 9.20. The Morgan fingerprint density at radius 3 is 0.656 bits per heavy atom. The van der Waals surface area contributed by atoms with Crippen molar-refractivity contribution in [2.75, 3.05) is 21.3 Å². The van der Waals surface area contributed by atoms with Crippen molar-refractivity contribution in [2.45, 2.75) is 27.2 Å². The molecule has 64 heavy (non-hydrogen) atoms. The molecule has 0 radical (unpaired) electrons. The molecule has 0 aliphatic heterocycles. The van der Waals surface area contributed by atoms with Gasteiger partial charge < -0.3 is 15.3 Å². The second-order valence-corrected chi connectivity index (χ2v) is 15.3. The molecule has 0 amide bonds. The summed E-state index contributed by atoms with van der Waals surface area (Å²) in [4.78, 5) is 0. The molecule has 0 saturated heterocycles. The van der Waals surface area contributed by atoms with Gasteiger partial charge in [-0.25, -0.2) is 0 Å². The first kappa shape index (κ1) is 55.9. The quantitative estimate of drug-likeness (QED) is 0.107. The van der Waals surface area contributed by atoms with Crippen molar-refractivity contribution >= 4 is 36.5 Å². The Morgan fingerprint density at radius 2 is 0.531 bits per heavy atom. The number of benzene rings is 6. The molecule has 0 saturated carbocycles. The van der Waals surface area contributed by atoms with E-state index in [0.717, 1.165) is 27.8 Å². The molecule has 6 aromatic carbocycles. The van der Waals surface area contributed by atoms with E-state index in [4.69, 9.17) is 15.3 Å². The Balaban J connectivity index is 0.000000415.